The second-order valence-electron chi connectivity index (χ2n) is 7.24. The van der Waals surface area contributed by atoms with Crippen LogP contribution in [0.4, 0.5) is 20.3 Å². The Morgan fingerprint density at radius 2 is 1.83 bits per heavy atom. The Morgan fingerprint density at radius 1 is 1.10 bits per heavy atom. The fraction of sp³-hybridized carbons (Fsp3) is 0.227. The number of nitrogen functional groups attached to an aromatic ring is 1. The number of anilines is 2. The van der Waals surface area contributed by atoms with E-state index in [2.05, 4.69) is 15.3 Å². The molecule has 3 aromatic rings. The Hall–Kier alpha value is -3.35. The van der Waals surface area contributed by atoms with E-state index in [9.17, 15) is 13.6 Å². The van der Waals surface area contributed by atoms with Crippen LogP contribution in [0.3, 0.4) is 0 Å². The van der Waals surface area contributed by atoms with Gasteiger partial charge in [0.05, 0.1) is 24.0 Å². The lowest BCUT2D eigenvalue weighted by molar-refractivity contribution is -0.115. The quantitative estimate of drug-likeness (QED) is 0.606. The molecule has 7 heteroatoms. The Balaban J connectivity index is 1.82. The van der Waals surface area contributed by atoms with Crippen molar-refractivity contribution in [2.24, 2.45) is 5.92 Å². The first-order valence-corrected chi connectivity index (χ1v) is 9.27. The van der Waals surface area contributed by atoms with Crippen molar-refractivity contribution < 1.29 is 13.6 Å². The van der Waals surface area contributed by atoms with Gasteiger partial charge in [0.1, 0.15) is 0 Å². The van der Waals surface area contributed by atoms with Gasteiger partial charge in [0.2, 0.25) is 5.91 Å². The van der Waals surface area contributed by atoms with Crippen molar-refractivity contribution in [1.82, 2.24) is 9.97 Å². The zero-order valence-corrected chi connectivity index (χ0v) is 16.2. The molecule has 0 spiro atoms. The first kappa shape index (κ1) is 20.4. The number of carbonyl (C=O) groups is 1. The summed E-state index contributed by atoms with van der Waals surface area (Å²) in [5.74, 6) is -1.64. The minimum Gasteiger partial charge on any atom is -0.399 e. The van der Waals surface area contributed by atoms with Gasteiger partial charge < -0.3 is 11.1 Å². The van der Waals surface area contributed by atoms with E-state index in [-0.39, 0.29) is 12.3 Å². The molecule has 0 radical (unpaired) electrons. The third kappa shape index (κ3) is 5.34. The van der Waals surface area contributed by atoms with Crippen molar-refractivity contribution in [3.05, 3.63) is 71.6 Å². The number of hydrogen-bond acceptors (Lipinski definition) is 4. The number of hydrogen-bond donors (Lipinski definition) is 2. The standard InChI is InChI=1S/C22H22F2N4O/c1-13(2)9-19-22(26-12-20(27-19)15-4-6-16(25)7-5-15)28-21(29)11-14-3-8-17(23)18(24)10-14/h3-8,10,12-13H,9,11,25H2,1-2H3,(H,26,28,29). The topological polar surface area (TPSA) is 80.9 Å². The van der Waals surface area contributed by atoms with E-state index in [1.165, 1.54) is 6.07 Å². The smallest absolute Gasteiger partial charge is 0.229 e. The molecule has 1 heterocycles. The molecule has 0 aliphatic carbocycles. The van der Waals surface area contributed by atoms with Gasteiger partial charge in [-0.15, -0.1) is 0 Å². The lowest BCUT2D eigenvalue weighted by atomic mass is 10.1. The lowest BCUT2D eigenvalue weighted by Gasteiger charge is -2.13. The van der Waals surface area contributed by atoms with E-state index in [4.69, 9.17) is 5.73 Å². The van der Waals surface area contributed by atoms with Gasteiger partial charge in [-0.1, -0.05) is 32.0 Å². The maximum Gasteiger partial charge on any atom is 0.229 e. The van der Waals surface area contributed by atoms with Crippen LogP contribution in [-0.2, 0) is 17.6 Å². The molecular formula is C22H22F2N4O. The molecular weight excluding hydrogens is 374 g/mol. The van der Waals surface area contributed by atoms with Crippen LogP contribution in [0.1, 0.15) is 25.1 Å². The first-order chi connectivity index (χ1) is 13.8. The Kier molecular flexibility index (Phi) is 6.16. The monoisotopic (exact) mass is 396 g/mol. The molecule has 0 saturated carbocycles. The fourth-order valence-electron chi connectivity index (χ4n) is 2.87. The molecule has 5 nitrogen and oxygen atoms in total. The normalized spacial score (nSPS) is 10.9. The second kappa shape index (κ2) is 8.77. The van der Waals surface area contributed by atoms with Crippen molar-refractivity contribution in [3.63, 3.8) is 0 Å². The fourth-order valence-corrected chi connectivity index (χ4v) is 2.87. The molecule has 0 aliphatic heterocycles. The Labute approximate surface area is 168 Å². The number of amides is 1. The number of halogens is 2. The highest BCUT2D eigenvalue weighted by Gasteiger charge is 2.14. The van der Waals surface area contributed by atoms with Crippen molar-refractivity contribution >= 4 is 17.4 Å². The summed E-state index contributed by atoms with van der Waals surface area (Å²) in [5.41, 5.74) is 8.98. The van der Waals surface area contributed by atoms with Crippen LogP contribution in [0.2, 0.25) is 0 Å². The SMILES string of the molecule is CC(C)Cc1nc(-c2ccc(N)cc2)cnc1NC(=O)Cc1ccc(F)c(F)c1. The van der Waals surface area contributed by atoms with Gasteiger partial charge in [0, 0.05) is 11.3 Å². The molecule has 2 aromatic carbocycles. The number of carbonyl (C=O) groups excluding carboxylic acids is 1. The summed E-state index contributed by atoms with van der Waals surface area (Å²) >= 11 is 0. The highest BCUT2D eigenvalue weighted by Crippen LogP contribution is 2.23. The molecule has 1 aromatic heterocycles. The number of aromatic nitrogens is 2. The zero-order valence-electron chi connectivity index (χ0n) is 16.2. The van der Waals surface area contributed by atoms with Gasteiger partial charge in [-0.3, -0.25) is 4.79 Å². The minimum atomic E-state index is -0.983. The van der Waals surface area contributed by atoms with Crippen LogP contribution in [-0.4, -0.2) is 15.9 Å². The molecule has 0 fully saturated rings. The predicted octanol–water partition coefficient (Wildman–Crippen LogP) is 4.38. The van der Waals surface area contributed by atoms with Crippen LogP contribution >= 0.6 is 0 Å². The van der Waals surface area contributed by atoms with Crippen molar-refractivity contribution in [2.75, 3.05) is 11.1 Å². The van der Waals surface area contributed by atoms with Gasteiger partial charge in [0.25, 0.3) is 0 Å². The largest absolute Gasteiger partial charge is 0.399 e. The van der Waals surface area contributed by atoms with Crippen molar-refractivity contribution in [2.45, 2.75) is 26.7 Å². The van der Waals surface area contributed by atoms with Crippen LogP contribution in [0.15, 0.2) is 48.7 Å². The number of nitrogens with two attached hydrogens (primary N) is 1. The van der Waals surface area contributed by atoms with Crippen LogP contribution in [0, 0.1) is 17.6 Å². The van der Waals surface area contributed by atoms with E-state index >= 15 is 0 Å². The van der Waals surface area contributed by atoms with E-state index in [0.29, 0.717) is 40.8 Å². The molecule has 1 amide bonds. The Bertz CT molecular complexity index is 1020. The van der Waals surface area contributed by atoms with Crippen LogP contribution in [0.5, 0.6) is 0 Å². The van der Waals surface area contributed by atoms with Gasteiger partial charge in [0.15, 0.2) is 17.5 Å². The van der Waals surface area contributed by atoms with Gasteiger partial charge in [-0.05, 0) is 42.2 Å². The maximum absolute atomic E-state index is 13.4. The highest BCUT2D eigenvalue weighted by molar-refractivity contribution is 5.92. The highest BCUT2D eigenvalue weighted by atomic mass is 19.2. The third-order valence-corrected chi connectivity index (χ3v) is 4.26. The van der Waals surface area contributed by atoms with Crippen LogP contribution < -0.4 is 11.1 Å². The molecule has 3 rings (SSSR count). The average Bonchev–Trinajstić information content (AvgIpc) is 2.66. The molecule has 0 unspecified atom stereocenters. The minimum absolute atomic E-state index is 0.0975. The van der Waals surface area contributed by atoms with Crippen LogP contribution in [0.25, 0.3) is 11.3 Å². The molecule has 0 saturated heterocycles. The summed E-state index contributed by atoms with van der Waals surface area (Å²) in [5, 5.41) is 2.74. The number of rotatable bonds is 6. The zero-order chi connectivity index (χ0) is 21.0. The van der Waals surface area contributed by atoms with Gasteiger partial charge in [-0.2, -0.15) is 0 Å². The molecule has 0 bridgehead atoms. The summed E-state index contributed by atoms with van der Waals surface area (Å²) in [7, 11) is 0. The number of nitrogens with zero attached hydrogens (tertiary/aromatic N) is 2. The molecule has 0 aliphatic rings. The summed E-state index contributed by atoms with van der Waals surface area (Å²) in [6.45, 7) is 4.09. The summed E-state index contributed by atoms with van der Waals surface area (Å²) < 4.78 is 26.4. The van der Waals surface area contributed by atoms with Gasteiger partial charge in [-0.25, -0.2) is 18.7 Å². The first-order valence-electron chi connectivity index (χ1n) is 9.27. The van der Waals surface area contributed by atoms with Crippen molar-refractivity contribution in [3.8, 4) is 11.3 Å². The molecule has 3 N–H and O–H groups in total. The summed E-state index contributed by atoms with van der Waals surface area (Å²) in [6, 6.07) is 10.7. The molecule has 0 atom stereocenters. The second-order valence-corrected chi connectivity index (χ2v) is 7.24. The van der Waals surface area contributed by atoms with E-state index in [0.717, 1.165) is 17.7 Å². The van der Waals surface area contributed by atoms with E-state index in [1.807, 2.05) is 26.0 Å². The van der Waals surface area contributed by atoms with Crippen molar-refractivity contribution in [1.29, 1.82) is 0 Å². The van der Waals surface area contributed by atoms with E-state index in [1.54, 1.807) is 18.3 Å². The molecule has 29 heavy (non-hydrogen) atoms. The predicted molar refractivity (Wildman–Crippen MR) is 109 cm³/mol. The molecule has 150 valence electrons. The van der Waals surface area contributed by atoms with E-state index < -0.39 is 11.6 Å². The lowest BCUT2D eigenvalue weighted by Crippen LogP contribution is -2.18. The third-order valence-electron chi connectivity index (χ3n) is 4.26. The number of benzene rings is 2. The van der Waals surface area contributed by atoms with Gasteiger partial charge >= 0.3 is 0 Å². The summed E-state index contributed by atoms with van der Waals surface area (Å²) in [6.07, 6.45) is 2.11. The summed E-state index contributed by atoms with van der Waals surface area (Å²) in [4.78, 5) is 21.5. The Morgan fingerprint density at radius 3 is 2.48 bits per heavy atom. The average molecular weight is 396 g/mol. The maximum atomic E-state index is 13.4. The number of nitrogens with one attached hydrogen (secondary N) is 1.